The lowest BCUT2D eigenvalue weighted by Gasteiger charge is -2.31. The maximum absolute atomic E-state index is 13.0. The molecule has 3 heterocycles. The van der Waals surface area contributed by atoms with Gasteiger partial charge in [-0.1, -0.05) is 30.3 Å². The van der Waals surface area contributed by atoms with Gasteiger partial charge in [0, 0.05) is 10.9 Å². The molecule has 0 amide bonds. The number of H-pyrrole nitrogens is 2. The lowest BCUT2D eigenvalue weighted by Crippen LogP contribution is -2.34. The summed E-state index contributed by atoms with van der Waals surface area (Å²) >= 11 is 0. The minimum Gasteiger partial charge on any atom is -0.352 e. The molecule has 8 heteroatoms. The lowest BCUT2D eigenvalue weighted by atomic mass is 9.90. The molecule has 4 aromatic rings. The Morgan fingerprint density at radius 2 is 1.72 bits per heavy atom. The van der Waals surface area contributed by atoms with Crippen molar-refractivity contribution in [3.63, 3.8) is 0 Å². The van der Waals surface area contributed by atoms with E-state index in [4.69, 9.17) is 0 Å². The first-order chi connectivity index (χ1) is 15.4. The molecule has 32 heavy (non-hydrogen) atoms. The molecule has 2 aromatic carbocycles. The van der Waals surface area contributed by atoms with Crippen LogP contribution in [0.25, 0.3) is 22.4 Å². The second-order valence-corrected chi connectivity index (χ2v) is 8.51. The summed E-state index contributed by atoms with van der Waals surface area (Å²) in [6, 6.07) is 16.0. The largest absolute Gasteiger partial charge is 0.416 e. The van der Waals surface area contributed by atoms with Crippen molar-refractivity contribution in [3.8, 4) is 11.5 Å². The standard InChI is InChI=1S/C24H24F3N5/c25-24(26,27)19-6-7-20-18(13-19)14-21(28-20)23-29-22(30-31-23)15-32-10-8-17(9-11-32)12-16-4-2-1-3-5-16/h1-7,13-14,17,28H,8-12,15H2,(H,29,30,31). The van der Waals surface area contributed by atoms with Gasteiger partial charge in [0.2, 0.25) is 0 Å². The summed E-state index contributed by atoms with van der Waals surface area (Å²) in [6.45, 7) is 2.71. The monoisotopic (exact) mass is 439 g/mol. The average Bonchev–Trinajstić information content (AvgIpc) is 3.41. The Balaban J connectivity index is 1.21. The minimum atomic E-state index is -4.36. The van der Waals surface area contributed by atoms with Crippen LogP contribution in [0.1, 0.15) is 29.8 Å². The smallest absolute Gasteiger partial charge is 0.352 e. The van der Waals surface area contributed by atoms with Gasteiger partial charge in [0.25, 0.3) is 0 Å². The van der Waals surface area contributed by atoms with E-state index in [1.54, 1.807) is 6.07 Å². The van der Waals surface area contributed by atoms with Crippen LogP contribution in [0.5, 0.6) is 0 Å². The number of halogens is 3. The molecule has 1 saturated heterocycles. The van der Waals surface area contributed by atoms with E-state index in [2.05, 4.69) is 49.3 Å². The van der Waals surface area contributed by atoms with Gasteiger partial charge in [0.15, 0.2) is 5.82 Å². The zero-order valence-corrected chi connectivity index (χ0v) is 17.5. The van der Waals surface area contributed by atoms with Crippen molar-refractivity contribution >= 4 is 10.9 Å². The number of aromatic nitrogens is 4. The van der Waals surface area contributed by atoms with Crippen LogP contribution in [0.4, 0.5) is 13.2 Å². The van der Waals surface area contributed by atoms with Gasteiger partial charge in [-0.05, 0) is 68.1 Å². The van der Waals surface area contributed by atoms with E-state index in [1.165, 1.54) is 11.6 Å². The Hall–Kier alpha value is -3.13. The number of aromatic amines is 2. The van der Waals surface area contributed by atoms with Gasteiger partial charge in [0.1, 0.15) is 5.82 Å². The highest BCUT2D eigenvalue weighted by atomic mass is 19.4. The second-order valence-electron chi connectivity index (χ2n) is 8.51. The molecular weight excluding hydrogens is 415 g/mol. The molecule has 1 fully saturated rings. The third-order valence-electron chi connectivity index (χ3n) is 6.18. The van der Waals surface area contributed by atoms with E-state index >= 15 is 0 Å². The lowest BCUT2D eigenvalue weighted by molar-refractivity contribution is -0.137. The number of benzene rings is 2. The molecule has 5 nitrogen and oxygen atoms in total. The van der Waals surface area contributed by atoms with Crippen LogP contribution in [0.3, 0.4) is 0 Å². The third-order valence-corrected chi connectivity index (χ3v) is 6.18. The highest BCUT2D eigenvalue weighted by Crippen LogP contribution is 2.32. The van der Waals surface area contributed by atoms with Crippen molar-refractivity contribution in [1.82, 2.24) is 25.1 Å². The van der Waals surface area contributed by atoms with Gasteiger partial charge >= 0.3 is 6.18 Å². The zero-order valence-electron chi connectivity index (χ0n) is 17.5. The molecule has 166 valence electrons. The molecule has 0 aliphatic carbocycles. The van der Waals surface area contributed by atoms with Crippen LogP contribution in [0.2, 0.25) is 0 Å². The predicted octanol–water partition coefficient (Wildman–Crippen LogP) is 5.43. The molecule has 2 N–H and O–H groups in total. The molecule has 5 rings (SSSR count). The summed E-state index contributed by atoms with van der Waals surface area (Å²) in [4.78, 5) is 8.71. The van der Waals surface area contributed by atoms with Crippen LogP contribution in [0, 0.1) is 5.92 Å². The number of alkyl halides is 3. The van der Waals surface area contributed by atoms with Crippen molar-refractivity contribution in [2.45, 2.75) is 32.0 Å². The Bertz CT molecular complexity index is 1190. The van der Waals surface area contributed by atoms with Gasteiger partial charge in [-0.15, -0.1) is 10.2 Å². The van der Waals surface area contributed by atoms with Crippen molar-refractivity contribution in [2.75, 3.05) is 13.1 Å². The fourth-order valence-corrected chi connectivity index (χ4v) is 4.43. The molecule has 1 aliphatic heterocycles. The fourth-order valence-electron chi connectivity index (χ4n) is 4.43. The summed E-state index contributed by atoms with van der Waals surface area (Å²) in [7, 11) is 0. The van der Waals surface area contributed by atoms with Crippen LogP contribution in [-0.2, 0) is 19.1 Å². The fraction of sp³-hybridized carbons (Fsp3) is 0.333. The Kier molecular flexibility index (Phi) is 5.46. The predicted molar refractivity (Wildman–Crippen MR) is 117 cm³/mol. The van der Waals surface area contributed by atoms with E-state index in [1.807, 2.05) is 6.07 Å². The summed E-state index contributed by atoms with van der Waals surface area (Å²) in [6.07, 6.45) is -0.934. The van der Waals surface area contributed by atoms with Crippen LogP contribution in [0.15, 0.2) is 54.6 Å². The number of hydrogen-bond acceptors (Lipinski definition) is 3. The van der Waals surface area contributed by atoms with E-state index in [9.17, 15) is 13.2 Å². The molecule has 2 aromatic heterocycles. The first kappa shape index (κ1) is 20.8. The molecule has 0 unspecified atom stereocenters. The summed E-state index contributed by atoms with van der Waals surface area (Å²) in [5.41, 5.74) is 1.99. The third kappa shape index (κ3) is 4.55. The van der Waals surface area contributed by atoms with Crippen molar-refractivity contribution in [3.05, 3.63) is 71.5 Å². The van der Waals surface area contributed by atoms with Gasteiger partial charge < -0.3 is 9.97 Å². The van der Waals surface area contributed by atoms with Crippen molar-refractivity contribution in [1.29, 1.82) is 0 Å². The zero-order chi connectivity index (χ0) is 22.1. The highest BCUT2D eigenvalue weighted by Gasteiger charge is 2.30. The second kappa shape index (κ2) is 8.43. The number of likely N-dealkylation sites (tertiary alicyclic amines) is 1. The van der Waals surface area contributed by atoms with Gasteiger partial charge in [0.05, 0.1) is 17.8 Å². The molecule has 0 atom stereocenters. The van der Waals surface area contributed by atoms with E-state index in [0.717, 1.165) is 50.3 Å². The van der Waals surface area contributed by atoms with E-state index in [-0.39, 0.29) is 0 Å². The van der Waals surface area contributed by atoms with Crippen LogP contribution < -0.4 is 0 Å². The normalized spacial score (nSPS) is 16.1. The number of rotatable bonds is 5. The first-order valence-corrected chi connectivity index (χ1v) is 10.8. The molecule has 0 radical (unpaired) electrons. The Morgan fingerprint density at radius 1 is 0.938 bits per heavy atom. The molecule has 0 bridgehead atoms. The number of hydrogen-bond donors (Lipinski definition) is 2. The van der Waals surface area contributed by atoms with Crippen molar-refractivity contribution in [2.24, 2.45) is 5.92 Å². The summed E-state index contributed by atoms with van der Waals surface area (Å²) in [5.74, 6) is 1.99. The minimum absolute atomic E-state index is 0.494. The summed E-state index contributed by atoms with van der Waals surface area (Å²) < 4.78 is 38.9. The number of fused-ring (bicyclic) bond motifs is 1. The van der Waals surface area contributed by atoms with Gasteiger partial charge in [-0.25, -0.2) is 0 Å². The maximum atomic E-state index is 13.0. The molecular formula is C24H24F3N5. The molecule has 0 saturated carbocycles. The Labute approximate surface area is 183 Å². The number of nitrogens with one attached hydrogen (secondary N) is 2. The van der Waals surface area contributed by atoms with Crippen LogP contribution in [-0.4, -0.2) is 38.2 Å². The first-order valence-electron chi connectivity index (χ1n) is 10.8. The number of nitrogens with zero attached hydrogens (tertiary/aromatic N) is 3. The molecule has 0 spiro atoms. The van der Waals surface area contributed by atoms with Gasteiger partial charge in [-0.2, -0.15) is 13.2 Å². The van der Waals surface area contributed by atoms with Crippen LogP contribution >= 0.6 is 0 Å². The molecule has 1 aliphatic rings. The Morgan fingerprint density at radius 3 is 2.47 bits per heavy atom. The quantitative estimate of drug-likeness (QED) is 0.436. The highest BCUT2D eigenvalue weighted by molar-refractivity contribution is 5.85. The van der Waals surface area contributed by atoms with E-state index < -0.39 is 11.7 Å². The van der Waals surface area contributed by atoms with E-state index in [0.29, 0.717) is 34.9 Å². The average molecular weight is 439 g/mol. The van der Waals surface area contributed by atoms with Crippen molar-refractivity contribution < 1.29 is 13.2 Å². The topological polar surface area (TPSA) is 60.6 Å². The summed E-state index contributed by atoms with van der Waals surface area (Å²) in [5, 5.41) is 8.95. The SMILES string of the molecule is FC(F)(F)c1ccc2[nH]c(-c3nnc(CN4CCC(Cc5ccccc5)CC4)[nH]3)cc2c1. The number of piperidine rings is 1. The maximum Gasteiger partial charge on any atom is 0.416 e. The van der Waals surface area contributed by atoms with Gasteiger partial charge in [-0.3, -0.25) is 4.90 Å².